The van der Waals surface area contributed by atoms with Crippen molar-refractivity contribution in [1.82, 2.24) is 9.55 Å². The van der Waals surface area contributed by atoms with Crippen LogP contribution in [0.2, 0.25) is 0 Å². The molecule has 136 valence electrons. The highest BCUT2D eigenvalue weighted by atomic mass is 19.1. The number of nitrogens with zero attached hydrogens (tertiary/aromatic N) is 2. The molecule has 5 heteroatoms. The lowest BCUT2D eigenvalue weighted by Gasteiger charge is -2.13. The van der Waals surface area contributed by atoms with Crippen LogP contribution in [0.5, 0.6) is 0 Å². The van der Waals surface area contributed by atoms with E-state index in [1.807, 2.05) is 6.20 Å². The summed E-state index contributed by atoms with van der Waals surface area (Å²) >= 11 is 0. The molecule has 1 N–H and O–H groups in total. The van der Waals surface area contributed by atoms with Crippen LogP contribution in [0.25, 0.3) is 11.3 Å². The topological polar surface area (TPSA) is 39.1 Å². The summed E-state index contributed by atoms with van der Waals surface area (Å²) in [5, 5.41) is 3.40. The molecule has 1 aromatic heterocycles. The van der Waals surface area contributed by atoms with Gasteiger partial charge in [-0.15, -0.1) is 0 Å². The van der Waals surface area contributed by atoms with Crippen molar-refractivity contribution in [2.75, 3.05) is 19.0 Å². The number of benzene rings is 2. The van der Waals surface area contributed by atoms with Crippen molar-refractivity contribution in [3.8, 4) is 11.3 Å². The lowest BCUT2D eigenvalue weighted by Crippen LogP contribution is -2.11. The molecule has 3 aromatic rings. The number of hydrogen-bond donors (Lipinski definition) is 1. The summed E-state index contributed by atoms with van der Waals surface area (Å²) in [7, 11) is 1.68. The average Bonchev–Trinajstić information content (AvgIpc) is 3.08. The number of rotatable bonds is 8. The predicted octanol–water partition coefficient (Wildman–Crippen LogP) is 4.51. The number of aromatic nitrogens is 2. The Morgan fingerprint density at radius 2 is 1.73 bits per heavy atom. The standard InChI is InChI=1S/C21H24FN3O/c1-3-16-4-6-17(7-5-16)14-23-21-24-15-20(25(21)12-13-26-2)18-8-10-19(22)11-9-18/h4-11,15H,3,12-14H2,1-2H3,(H,23,24). The zero-order valence-corrected chi connectivity index (χ0v) is 15.2. The first kappa shape index (κ1) is 18.1. The third-order valence-electron chi connectivity index (χ3n) is 4.40. The van der Waals surface area contributed by atoms with E-state index in [0.717, 1.165) is 23.6 Å². The van der Waals surface area contributed by atoms with Gasteiger partial charge in [0.05, 0.1) is 18.5 Å². The van der Waals surface area contributed by atoms with Gasteiger partial charge in [0.2, 0.25) is 5.95 Å². The Morgan fingerprint density at radius 3 is 2.38 bits per heavy atom. The van der Waals surface area contributed by atoms with Crippen LogP contribution in [0.15, 0.2) is 54.7 Å². The minimum atomic E-state index is -0.245. The maximum Gasteiger partial charge on any atom is 0.203 e. The largest absolute Gasteiger partial charge is 0.383 e. The van der Waals surface area contributed by atoms with E-state index in [0.29, 0.717) is 19.7 Å². The van der Waals surface area contributed by atoms with Crippen molar-refractivity contribution in [2.24, 2.45) is 0 Å². The zero-order chi connectivity index (χ0) is 18.4. The lowest BCUT2D eigenvalue weighted by molar-refractivity contribution is 0.188. The Bertz CT molecular complexity index is 825. The van der Waals surface area contributed by atoms with E-state index in [9.17, 15) is 4.39 Å². The minimum absolute atomic E-state index is 0.245. The fourth-order valence-electron chi connectivity index (χ4n) is 2.85. The van der Waals surface area contributed by atoms with Crippen LogP contribution in [0.3, 0.4) is 0 Å². The summed E-state index contributed by atoms with van der Waals surface area (Å²) in [4.78, 5) is 4.52. The molecule has 0 aliphatic carbocycles. The predicted molar refractivity (Wildman–Crippen MR) is 103 cm³/mol. The molecule has 0 aliphatic heterocycles. The number of anilines is 1. The maximum absolute atomic E-state index is 13.2. The molecule has 2 aromatic carbocycles. The molecule has 0 unspecified atom stereocenters. The molecule has 0 atom stereocenters. The molecule has 4 nitrogen and oxygen atoms in total. The van der Waals surface area contributed by atoms with Gasteiger partial charge in [0.1, 0.15) is 5.82 Å². The molecular formula is C21H24FN3O. The first-order valence-corrected chi connectivity index (χ1v) is 8.83. The van der Waals surface area contributed by atoms with Gasteiger partial charge in [-0.3, -0.25) is 0 Å². The van der Waals surface area contributed by atoms with Gasteiger partial charge >= 0.3 is 0 Å². The highest BCUT2D eigenvalue weighted by molar-refractivity contribution is 5.61. The Kier molecular flexibility index (Phi) is 6.02. The molecule has 0 fully saturated rings. The summed E-state index contributed by atoms with van der Waals surface area (Å²) in [6.07, 6.45) is 2.85. The molecule has 0 aliphatic rings. The Morgan fingerprint density at radius 1 is 1.04 bits per heavy atom. The van der Waals surface area contributed by atoms with Crippen LogP contribution in [-0.4, -0.2) is 23.3 Å². The first-order chi connectivity index (χ1) is 12.7. The molecule has 26 heavy (non-hydrogen) atoms. The Labute approximate surface area is 153 Å². The normalized spacial score (nSPS) is 10.9. The fourth-order valence-corrected chi connectivity index (χ4v) is 2.85. The number of methoxy groups -OCH3 is 1. The van der Waals surface area contributed by atoms with Crippen molar-refractivity contribution in [1.29, 1.82) is 0 Å². The highest BCUT2D eigenvalue weighted by Crippen LogP contribution is 2.24. The number of nitrogens with one attached hydrogen (secondary N) is 1. The Balaban J connectivity index is 1.80. The molecule has 0 radical (unpaired) electrons. The van der Waals surface area contributed by atoms with Crippen LogP contribution in [0.4, 0.5) is 10.3 Å². The van der Waals surface area contributed by atoms with E-state index in [2.05, 4.69) is 46.1 Å². The quantitative estimate of drug-likeness (QED) is 0.648. The first-order valence-electron chi connectivity index (χ1n) is 8.83. The minimum Gasteiger partial charge on any atom is -0.383 e. The number of halogens is 1. The summed E-state index contributed by atoms with van der Waals surface area (Å²) in [5.74, 6) is 0.534. The second kappa shape index (κ2) is 8.63. The van der Waals surface area contributed by atoms with Crippen LogP contribution >= 0.6 is 0 Å². The van der Waals surface area contributed by atoms with Gasteiger partial charge in [0.25, 0.3) is 0 Å². The van der Waals surface area contributed by atoms with Crippen LogP contribution in [0, 0.1) is 5.82 Å². The van der Waals surface area contributed by atoms with E-state index in [-0.39, 0.29) is 5.82 Å². The van der Waals surface area contributed by atoms with Crippen LogP contribution in [-0.2, 0) is 24.2 Å². The molecule has 3 rings (SSSR count). The zero-order valence-electron chi connectivity index (χ0n) is 15.2. The third-order valence-corrected chi connectivity index (χ3v) is 4.40. The maximum atomic E-state index is 13.2. The van der Waals surface area contributed by atoms with Gasteiger partial charge in [-0.2, -0.15) is 0 Å². The molecule has 0 saturated carbocycles. The number of hydrogen-bond acceptors (Lipinski definition) is 3. The van der Waals surface area contributed by atoms with Gasteiger partial charge in [-0.25, -0.2) is 9.37 Å². The van der Waals surface area contributed by atoms with Gasteiger partial charge in [-0.05, 0) is 41.8 Å². The fraction of sp³-hybridized carbons (Fsp3) is 0.286. The average molecular weight is 353 g/mol. The van der Waals surface area contributed by atoms with Gasteiger partial charge in [-0.1, -0.05) is 31.2 Å². The summed E-state index contributed by atoms with van der Waals surface area (Å²) in [6, 6.07) is 15.0. The lowest BCUT2D eigenvalue weighted by atomic mass is 10.1. The molecule has 0 spiro atoms. The van der Waals surface area contributed by atoms with Crippen LogP contribution in [0.1, 0.15) is 18.1 Å². The van der Waals surface area contributed by atoms with E-state index in [4.69, 9.17) is 4.74 Å². The van der Waals surface area contributed by atoms with Crippen molar-refractivity contribution < 1.29 is 9.13 Å². The van der Waals surface area contributed by atoms with Gasteiger partial charge in [0, 0.05) is 25.8 Å². The van der Waals surface area contributed by atoms with Crippen molar-refractivity contribution in [2.45, 2.75) is 26.4 Å². The van der Waals surface area contributed by atoms with Crippen molar-refractivity contribution in [3.05, 3.63) is 71.7 Å². The van der Waals surface area contributed by atoms with E-state index in [1.54, 1.807) is 19.2 Å². The third kappa shape index (κ3) is 4.29. The number of aryl methyl sites for hydroxylation is 1. The molecule has 0 bridgehead atoms. The second-order valence-corrected chi connectivity index (χ2v) is 6.14. The highest BCUT2D eigenvalue weighted by Gasteiger charge is 2.12. The number of imidazole rings is 1. The van der Waals surface area contributed by atoms with Crippen molar-refractivity contribution >= 4 is 5.95 Å². The second-order valence-electron chi connectivity index (χ2n) is 6.14. The van der Waals surface area contributed by atoms with Crippen molar-refractivity contribution in [3.63, 3.8) is 0 Å². The monoisotopic (exact) mass is 353 g/mol. The van der Waals surface area contributed by atoms with E-state index in [1.165, 1.54) is 23.3 Å². The Hall–Kier alpha value is -2.66. The van der Waals surface area contributed by atoms with E-state index >= 15 is 0 Å². The number of ether oxygens (including phenoxy) is 1. The van der Waals surface area contributed by atoms with Gasteiger partial charge in [0.15, 0.2) is 0 Å². The summed E-state index contributed by atoms with van der Waals surface area (Å²) < 4.78 is 20.5. The summed E-state index contributed by atoms with van der Waals surface area (Å²) in [5.41, 5.74) is 4.39. The van der Waals surface area contributed by atoms with E-state index < -0.39 is 0 Å². The molecule has 0 amide bonds. The van der Waals surface area contributed by atoms with Crippen LogP contribution < -0.4 is 5.32 Å². The van der Waals surface area contributed by atoms with Gasteiger partial charge < -0.3 is 14.6 Å². The smallest absolute Gasteiger partial charge is 0.203 e. The SMILES string of the molecule is CCc1ccc(CNc2ncc(-c3ccc(F)cc3)n2CCOC)cc1. The molecular weight excluding hydrogens is 329 g/mol. The molecule has 1 heterocycles. The molecule has 0 saturated heterocycles. The summed E-state index contributed by atoms with van der Waals surface area (Å²) in [6.45, 7) is 4.08.